The van der Waals surface area contributed by atoms with Gasteiger partial charge in [0.2, 0.25) is 0 Å². The second kappa shape index (κ2) is 6.19. The molecule has 2 unspecified atom stereocenters. The number of rotatable bonds is 2. The summed E-state index contributed by atoms with van der Waals surface area (Å²) in [4.78, 5) is 27.7. The highest BCUT2D eigenvalue weighted by Gasteiger charge is 2.33. The normalized spacial score (nSPS) is 21.9. The van der Waals surface area contributed by atoms with Crippen LogP contribution in [0.2, 0.25) is 0 Å². The molecule has 6 heteroatoms. The van der Waals surface area contributed by atoms with E-state index in [2.05, 4.69) is 0 Å². The fraction of sp³-hybridized carbons (Fsp3) is 0.368. The first kappa shape index (κ1) is 16.1. The van der Waals surface area contributed by atoms with Crippen LogP contribution < -0.4 is 4.74 Å². The highest BCUT2D eigenvalue weighted by Crippen LogP contribution is 2.42. The summed E-state index contributed by atoms with van der Waals surface area (Å²) in [5.41, 5.74) is 2.04. The van der Waals surface area contributed by atoms with Gasteiger partial charge in [-0.05, 0) is 30.5 Å². The number of para-hydroxylation sites is 1. The number of carboxylic acids is 1. The van der Waals surface area contributed by atoms with Crippen LogP contribution in [0.3, 0.4) is 0 Å². The molecule has 0 radical (unpaired) electrons. The van der Waals surface area contributed by atoms with Crippen LogP contribution in [0.15, 0.2) is 30.3 Å². The molecule has 130 valence electrons. The maximum atomic E-state index is 12.9. The Hall–Kier alpha value is -2.34. The number of amides is 1. The molecule has 1 saturated heterocycles. The van der Waals surface area contributed by atoms with Crippen molar-refractivity contribution in [3.63, 3.8) is 0 Å². The van der Waals surface area contributed by atoms with E-state index in [4.69, 9.17) is 4.74 Å². The lowest BCUT2D eigenvalue weighted by Crippen LogP contribution is -2.45. The molecule has 5 nitrogen and oxygen atoms in total. The predicted molar refractivity (Wildman–Crippen MR) is 94.9 cm³/mol. The summed E-state index contributed by atoms with van der Waals surface area (Å²) < 4.78 is 5.76. The van der Waals surface area contributed by atoms with E-state index < -0.39 is 11.9 Å². The molecule has 0 spiro atoms. The van der Waals surface area contributed by atoms with Gasteiger partial charge in [-0.3, -0.25) is 9.59 Å². The first-order chi connectivity index (χ1) is 12.0. The van der Waals surface area contributed by atoms with E-state index in [0.717, 1.165) is 21.8 Å². The SMILES string of the molecule is CC1CC(C(=O)O)CN(C(=O)c2cc3c(s2)-c2ccccc2OC3)C1. The Balaban J connectivity index is 1.62. The molecule has 2 aliphatic rings. The highest BCUT2D eigenvalue weighted by atomic mass is 32.1. The molecule has 1 amide bonds. The summed E-state index contributed by atoms with van der Waals surface area (Å²) in [6, 6.07) is 9.73. The maximum absolute atomic E-state index is 12.9. The first-order valence-corrected chi connectivity index (χ1v) is 9.21. The molecular formula is C19H19NO4S. The van der Waals surface area contributed by atoms with Gasteiger partial charge in [0.1, 0.15) is 12.4 Å². The van der Waals surface area contributed by atoms with Crippen LogP contribution in [0.4, 0.5) is 0 Å². The molecule has 2 aromatic rings. The van der Waals surface area contributed by atoms with Gasteiger partial charge in [-0.15, -0.1) is 11.3 Å². The Labute approximate surface area is 149 Å². The van der Waals surface area contributed by atoms with Crippen molar-refractivity contribution < 1.29 is 19.4 Å². The number of hydrogen-bond donors (Lipinski definition) is 1. The van der Waals surface area contributed by atoms with Crippen LogP contribution in [0.1, 0.15) is 28.6 Å². The number of piperidine rings is 1. The Morgan fingerprint density at radius 3 is 2.88 bits per heavy atom. The second-order valence-corrected chi connectivity index (χ2v) is 7.89. The maximum Gasteiger partial charge on any atom is 0.308 e. The third-order valence-electron chi connectivity index (χ3n) is 4.83. The van der Waals surface area contributed by atoms with E-state index >= 15 is 0 Å². The molecule has 0 bridgehead atoms. The van der Waals surface area contributed by atoms with Crippen LogP contribution in [0.25, 0.3) is 10.4 Å². The molecule has 0 aliphatic carbocycles. The summed E-state index contributed by atoms with van der Waals surface area (Å²) in [5, 5.41) is 9.32. The molecule has 1 N–H and O–H groups in total. The van der Waals surface area contributed by atoms with Crippen LogP contribution in [0.5, 0.6) is 5.75 Å². The van der Waals surface area contributed by atoms with Crippen molar-refractivity contribution >= 4 is 23.2 Å². The lowest BCUT2D eigenvalue weighted by Gasteiger charge is -2.34. The van der Waals surface area contributed by atoms with Crippen LogP contribution in [0, 0.1) is 11.8 Å². The molecule has 2 aliphatic heterocycles. The van der Waals surface area contributed by atoms with Gasteiger partial charge >= 0.3 is 5.97 Å². The molecule has 2 atom stereocenters. The number of carbonyl (C=O) groups excluding carboxylic acids is 1. The Morgan fingerprint density at radius 2 is 2.08 bits per heavy atom. The standard InChI is InChI=1S/C19H19NO4S/c1-11-6-12(19(22)23)9-20(8-11)18(21)16-7-13-10-24-15-5-3-2-4-14(15)17(13)25-16/h2-5,7,11-12H,6,8-10H2,1H3,(H,22,23). The average Bonchev–Trinajstić information content (AvgIpc) is 3.05. The van der Waals surface area contributed by atoms with Crippen molar-refractivity contribution in [1.82, 2.24) is 4.90 Å². The fourth-order valence-corrected chi connectivity index (χ4v) is 4.82. The third-order valence-corrected chi connectivity index (χ3v) is 6.03. The zero-order valence-electron chi connectivity index (χ0n) is 13.9. The number of aliphatic carboxylic acids is 1. The summed E-state index contributed by atoms with van der Waals surface area (Å²) in [5.74, 6) is -0.344. The number of carbonyl (C=O) groups is 2. The van der Waals surface area contributed by atoms with E-state index in [1.54, 1.807) is 4.90 Å². The van der Waals surface area contributed by atoms with Gasteiger partial charge in [-0.25, -0.2) is 0 Å². The van der Waals surface area contributed by atoms with Gasteiger partial charge in [0.25, 0.3) is 5.91 Å². The minimum absolute atomic E-state index is 0.0744. The quantitative estimate of drug-likeness (QED) is 0.893. The molecule has 4 rings (SSSR count). The average molecular weight is 357 g/mol. The van der Waals surface area contributed by atoms with Gasteiger partial charge in [0.05, 0.1) is 10.8 Å². The third kappa shape index (κ3) is 2.91. The molecule has 1 aromatic carbocycles. The van der Waals surface area contributed by atoms with E-state index in [0.29, 0.717) is 24.4 Å². The van der Waals surface area contributed by atoms with E-state index in [9.17, 15) is 14.7 Å². The summed E-state index contributed by atoms with van der Waals surface area (Å²) >= 11 is 1.47. The molecule has 1 fully saturated rings. The van der Waals surface area contributed by atoms with E-state index in [1.807, 2.05) is 37.3 Å². The van der Waals surface area contributed by atoms with Crippen LogP contribution >= 0.6 is 11.3 Å². The number of nitrogens with zero attached hydrogens (tertiary/aromatic N) is 1. The molecule has 3 heterocycles. The minimum atomic E-state index is -0.822. The fourth-order valence-electron chi connectivity index (χ4n) is 3.66. The lowest BCUT2D eigenvalue weighted by molar-refractivity contribution is -0.143. The Kier molecular flexibility index (Phi) is 4.00. The van der Waals surface area contributed by atoms with Gasteiger partial charge in [-0.2, -0.15) is 0 Å². The summed E-state index contributed by atoms with van der Waals surface area (Å²) in [6.07, 6.45) is 0.626. The molecular weight excluding hydrogens is 338 g/mol. The van der Waals surface area contributed by atoms with E-state index in [-0.39, 0.29) is 18.4 Å². The van der Waals surface area contributed by atoms with Gasteiger partial charge in [0, 0.05) is 29.1 Å². The van der Waals surface area contributed by atoms with Gasteiger partial charge < -0.3 is 14.7 Å². The monoisotopic (exact) mass is 357 g/mol. The molecule has 25 heavy (non-hydrogen) atoms. The molecule has 0 saturated carbocycles. The topological polar surface area (TPSA) is 66.8 Å². The first-order valence-electron chi connectivity index (χ1n) is 8.40. The number of likely N-dealkylation sites (tertiary alicyclic amines) is 1. The van der Waals surface area contributed by atoms with Crippen molar-refractivity contribution in [3.05, 3.63) is 40.8 Å². The number of benzene rings is 1. The van der Waals surface area contributed by atoms with Crippen molar-refractivity contribution in [2.45, 2.75) is 20.0 Å². The zero-order valence-corrected chi connectivity index (χ0v) is 14.7. The van der Waals surface area contributed by atoms with Crippen molar-refractivity contribution in [1.29, 1.82) is 0 Å². The highest BCUT2D eigenvalue weighted by molar-refractivity contribution is 7.17. The zero-order chi connectivity index (χ0) is 17.6. The lowest BCUT2D eigenvalue weighted by atomic mass is 9.90. The van der Waals surface area contributed by atoms with Crippen LogP contribution in [-0.2, 0) is 11.4 Å². The van der Waals surface area contributed by atoms with E-state index in [1.165, 1.54) is 11.3 Å². The molecule has 1 aromatic heterocycles. The number of fused-ring (bicyclic) bond motifs is 3. The van der Waals surface area contributed by atoms with Crippen molar-refractivity contribution in [3.8, 4) is 16.2 Å². The number of ether oxygens (including phenoxy) is 1. The largest absolute Gasteiger partial charge is 0.488 e. The summed E-state index contributed by atoms with van der Waals surface area (Å²) in [7, 11) is 0. The van der Waals surface area contributed by atoms with Crippen LogP contribution in [-0.4, -0.2) is 35.0 Å². The second-order valence-electron chi connectivity index (χ2n) is 6.84. The Morgan fingerprint density at radius 1 is 1.28 bits per heavy atom. The summed E-state index contributed by atoms with van der Waals surface area (Å²) in [6.45, 7) is 3.36. The van der Waals surface area contributed by atoms with Crippen molar-refractivity contribution in [2.24, 2.45) is 11.8 Å². The number of hydrogen-bond acceptors (Lipinski definition) is 4. The smallest absolute Gasteiger partial charge is 0.308 e. The predicted octanol–water partition coefficient (Wildman–Crippen LogP) is 3.49. The number of carboxylic acid groups (broad SMARTS) is 1. The number of thiophene rings is 1. The Bertz CT molecular complexity index is 844. The van der Waals surface area contributed by atoms with Gasteiger partial charge in [-0.1, -0.05) is 19.1 Å². The minimum Gasteiger partial charge on any atom is -0.488 e. The van der Waals surface area contributed by atoms with Crippen molar-refractivity contribution in [2.75, 3.05) is 13.1 Å². The van der Waals surface area contributed by atoms with Gasteiger partial charge in [0.15, 0.2) is 0 Å².